The quantitative estimate of drug-likeness (QED) is 0.869. The van der Waals surface area contributed by atoms with Crippen molar-refractivity contribution < 1.29 is 14.7 Å². The number of aryl methyl sites for hydroxylation is 1. The van der Waals surface area contributed by atoms with Crippen molar-refractivity contribution in [1.82, 2.24) is 4.90 Å². The zero-order valence-corrected chi connectivity index (χ0v) is 13.0. The number of amides is 2. The summed E-state index contributed by atoms with van der Waals surface area (Å²) < 4.78 is 0.953. The zero-order valence-electron chi connectivity index (χ0n) is 11.4. The predicted octanol–water partition coefficient (Wildman–Crippen LogP) is 2.94. The van der Waals surface area contributed by atoms with Gasteiger partial charge in [-0.15, -0.1) is 0 Å². The summed E-state index contributed by atoms with van der Waals surface area (Å²) in [6.07, 6.45) is 0. The Kier molecular flexibility index (Phi) is 4.32. The number of hydrogen-bond donors (Lipinski definition) is 2. The first-order valence-electron chi connectivity index (χ1n) is 6.43. The van der Waals surface area contributed by atoms with E-state index >= 15 is 0 Å². The highest BCUT2D eigenvalue weighted by Gasteiger charge is 2.36. The number of benzene rings is 1. The molecule has 1 aromatic rings. The number of aliphatic carboxylic acids is 1. The van der Waals surface area contributed by atoms with Gasteiger partial charge in [-0.25, -0.2) is 4.79 Å². The van der Waals surface area contributed by atoms with Gasteiger partial charge < -0.3 is 15.3 Å². The first-order chi connectivity index (χ1) is 9.38. The number of nitrogens with one attached hydrogen (secondary N) is 1. The number of carboxylic acid groups (broad SMARTS) is 1. The van der Waals surface area contributed by atoms with Crippen molar-refractivity contribution >= 4 is 33.6 Å². The molecule has 2 rings (SSSR count). The Morgan fingerprint density at radius 1 is 1.40 bits per heavy atom. The monoisotopic (exact) mass is 340 g/mol. The van der Waals surface area contributed by atoms with Gasteiger partial charge in [-0.2, -0.15) is 0 Å². The molecule has 0 unspecified atom stereocenters. The number of anilines is 1. The SMILES string of the molecule is Cc1cc(Br)ccc1NC(=O)N1C[C@@H](C)[C@H](C(=O)O)C1. The Morgan fingerprint density at radius 2 is 2.10 bits per heavy atom. The Labute approximate surface area is 126 Å². The third-order valence-corrected chi connectivity index (χ3v) is 4.14. The molecule has 0 bridgehead atoms. The van der Waals surface area contributed by atoms with Crippen LogP contribution in [0.3, 0.4) is 0 Å². The normalized spacial score (nSPS) is 21.9. The summed E-state index contributed by atoms with van der Waals surface area (Å²) in [4.78, 5) is 24.8. The van der Waals surface area contributed by atoms with Crippen LogP contribution in [0.2, 0.25) is 0 Å². The Morgan fingerprint density at radius 3 is 2.65 bits per heavy atom. The standard InChI is InChI=1S/C14H17BrN2O3/c1-8-5-10(15)3-4-12(8)16-14(20)17-6-9(2)11(7-17)13(18)19/h3-5,9,11H,6-7H2,1-2H3,(H,16,20)(H,18,19)/t9-,11-/m1/s1. The number of carbonyl (C=O) groups is 2. The number of hydrogen-bond acceptors (Lipinski definition) is 2. The lowest BCUT2D eigenvalue weighted by Crippen LogP contribution is -2.34. The number of rotatable bonds is 2. The average Bonchev–Trinajstić information content (AvgIpc) is 2.75. The fraction of sp³-hybridized carbons (Fsp3) is 0.429. The molecule has 1 aliphatic heterocycles. The maximum atomic E-state index is 12.2. The maximum absolute atomic E-state index is 12.2. The van der Waals surface area contributed by atoms with Crippen LogP contribution in [0.15, 0.2) is 22.7 Å². The van der Waals surface area contributed by atoms with Crippen molar-refractivity contribution in [2.45, 2.75) is 13.8 Å². The van der Waals surface area contributed by atoms with E-state index in [9.17, 15) is 9.59 Å². The maximum Gasteiger partial charge on any atom is 0.321 e. The van der Waals surface area contributed by atoms with Crippen LogP contribution in [0.4, 0.5) is 10.5 Å². The van der Waals surface area contributed by atoms with Crippen LogP contribution < -0.4 is 5.32 Å². The molecule has 0 radical (unpaired) electrons. The zero-order chi connectivity index (χ0) is 14.9. The van der Waals surface area contributed by atoms with Gasteiger partial charge in [-0.3, -0.25) is 4.79 Å². The summed E-state index contributed by atoms with van der Waals surface area (Å²) >= 11 is 3.37. The first kappa shape index (κ1) is 14.8. The van der Waals surface area contributed by atoms with Gasteiger partial charge in [0, 0.05) is 23.2 Å². The number of carbonyl (C=O) groups excluding carboxylic acids is 1. The third-order valence-electron chi connectivity index (χ3n) is 3.65. The smallest absolute Gasteiger partial charge is 0.321 e. The van der Waals surface area contributed by atoms with E-state index in [0.717, 1.165) is 15.7 Å². The number of carboxylic acids is 1. The number of urea groups is 1. The molecule has 2 amide bonds. The second-order valence-electron chi connectivity index (χ2n) is 5.22. The van der Waals surface area contributed by atoms with E-state index in [2.05, 4.69) is 21.2 Å². The summed E-state index contributed by atoms with van der Waals surface area (Å²) in [5.41, 5.74) is 1.69. The van der Waals surface area contributed by atoms with Gasteiger partial charge in [0.15, 0.2) is 0 Å². The molecule has 1 fully saturated rings. The average molecular weight is 341 g/mol. The van der Waals surface area contributed by atoms with E-state index in [1.807, 2.05) is 32.0 Å². The lowest BCUT2D eigenvalue weighted by Gasteiger charge is -2.18. The van der Waals surface area contributed by atoms with Gasteiger partial charge >= 0.3 is 12.0 Å². The molecule has 5 nitrogen and oxygen atoms in total. The van der Waals surface area contributed by atoms with E-state index < -0.39 is 11.9 Å². The van der Waals surface area contributed by atoms with Gasteiger partial charge in [0.05, 0.1) is 5.92 Å². The van der Waals surface area contributed by atoms with E-state index in [1.165, 1.54) is 0 Å². The van der Waals surface area contributed by atoms with E-state index in [1.54, 1.807) is 4.90 Å². The highest BCUT2D eigenvalue weighted by Crippen LogP contribution is 2.25. The topological polar surface area (TPSA) is 69.6 Å². The molecule has 1 saturated heterocycles. The Balaban J connectivity index is 2.04. The van der Waals surface area contributed by atoms with Gasteiger partial charge in [-0.05, 0) is 36.6 Å². The minimum Gasteiger partial charge on any atom is -0.481 e. The predicted molar refractivity (Wildman–Crippen MR) is 79.8 cm³/mol. The lowest BCUT2D eigenvalue weighted by molar-refractivity contribution is -0.142. The third kappa shape index (κ3) is 3.12. The molecule has 0 aromatic heterocycles. The van der Waals surface area contributed by atoms with Crippen molar-refractivity contribution in [3.8, 4) is 0 Å². The first-order valence-corrected chi connectivity index (χ1v) is 7.22. The minimum absolute atomic E-state index is 0.0238. The van der Waals surface area contributed by atoms with Crippen LogP contribution in [0.25, 0.3) is 0 Å². The van der Waals surface area contributed by atoms with Crippen molar-refractivity contribution in [1.29, 1.82) is 0 Å². The molecule has 1 aromatic carbocycles. The van der Waals surface area contributed by atoms with Crippen LogP contribution in [0, 0.1) is 18.8 Å². The van der Waals surface area contributed by atoms with Gasteiger partial charge in [-0.1, -0.05) is 22.9 Å². The molecule has 20 heavy (non-hydrogen) atoms. The highest BCUT2D eigenvalue weighted by atomic mass is 79.9. The minimum atomic E-state index is -0.840. The molecule has 108 valence electrons. The summed E-state index contributed by atoms with van der Waals surface area (Å²) in [5, 5.41) is 11.9. The molecular weight excluding hydrogens is 324 g/mol. The van der Waals surface area contributed by atoms with Crippen molar-refractivity contribution in [3.05, 3.63) is 28.2 Å². The fourth-order valence-electron chi connectivity index (χ4n) is 2.42. The number of nitrogens with zero attached hydrogens (tertiary/aromatic N) is 1. The van der Waals surface area contributed by atoms with E-state index in [-0.39, 0.29) is 18.5 Å². The summed E-state index contributed by atoms with van der Waals surface area (Å²) in [6.45, 7) is 4.50. The van der Waals surface area contributed by atoms with E-state index in [0.29, 0.717) is 6.54 Å². The molecule has 2 N–H and O–H groups in total. The van der Waals surface area contributed by atoms with E-state index in [4.69, 9.17) is 5.11 Å². The largest absolute Gasteiger partial charge is 0.481 e. The van der Waals surface area contributed by atoms with Gasteiger partial charge in [0.2, 0.25) is 0 Å². The molecule has 0 saturated carbocycles. The van der Waals surface area contributed by atoms with Crippen LogP contribution in [-0.4, -0.2) is 35.1 Å². The number of likely N-dealkylation sites (tertiary alicyclic amines) is 1. The summed E-state index contributed by atoms with van der Waals surface area (Å²) in [6, 6.07) is 5.36. The fourth-order valence-corrected chi connectivity index (χ4v) is 2.89. The van der Waals surface area contributed by atoms with Crippen LogP contribution in [0.1, 0.15) is 12.5 Å². The lowest BCUT2D eigenvalue weighted by atomic mass is 9.99. The Bertz CT molecular complexity index is 547. The highest BCUT2D eigenvalue weighted by molar-refractivity contribution is 9.10. The van der Waals surface area contributed by atoms with Crippen molar-refractivity contribution in [3.63, 3.8) is 0 Å². The van der Waals surface area contributed by atoms with Crippen molar-refractivity contribution in [2.24, 2.45) is 11.8 Å². The number of halogens is 1. The molecule has 1 aliphatic rings. The summed E-state index contributed by atoms with van der Waals surface area (Å²) in [7, 11) is 0. The molecular formula is C14H17BrN2O3. The molecule has 0 aliphatic carbocycles. The Hall–Kier alpha value is -1.56. The van der Waals surface area contributed by atoms with Gasteiger partial charge in [0.1, 0.15) is 0 Å². The van der Waals surface area contributed by atoms with Gasteiger partial charge in [0.25, 0.3) is 0 Å². The van der Waals surface area contributed by atoms with Crippen LogP contribution >= 0.6 is 15.9 Å². The van der Waals surface area contributed by atoms with Crippen molar-refractivity contribution in [2.75, 3.05) is 18.4 Å². The van der Waals surface area contributed by atoms with Crippen LogP contribution in [0.5, 0.6) is 0 Å². The molecule has 6 heteroatoms. The second-order valence-corrected chi connectivity index (χ2v) is 6.13. The summed E-state index contributed by atoms with van der Waals surface area (Å²) in [5.74, 6) is -1.34. The molecule has 1 heterocycles. The van der Waals surface area contributed by atoms with Crippen LogP contribution in [-0.2, 0) is 4.79 Å². The molecule has 2 atom stereocenters. The molecule has 0 spiro atoms. The second kappa shape index (κ2) is 5.83.